The topological polar surface area (TPSA) is 68.0 Å². The number of hydrogen-bond acceptors (Lipinski definition) is 3. The SMILES string of the molecule is O=C(O)CCc1cn(Cc2cccc3ccccc23)nn1. The van der Waals surface area contributed by atoms with Crippen LogP contribution in [0.25, 0.3) is 10.8 Å². The number of carbonyl (C=O) groups is 1. The maximum absolute atomic E-state index is 10.6. The zero-order valence-electron chi connectivity index (χ0n) is 11.4. The van der Waals surface area contributed by atoms with Gasteiger partial charge in [0.15, 0.2) is 0 Å². The molecule has 0 aliphatic carbocycles. The standard InChI is InChI=1S/C16H15N3O2/c20-16(21)9-8-14-11-19(18-17-14)10-13-6-3-5-12-4-1-2-7-15(12)13/h1-7,11H,8-10H2,(H,20,21). The second kappa shape index (κ2) is 5.75. The fourth-order valence-corrected chi connectivity index (χ4v) is 2.37. The molecule has 0 unspecified atom stereocenters. The lowest BCUT2D eigenvalue weighted by Crippen LogP contribution is -2.01. The number of rotatable bonds is 5. The molecule has 5 nitrogen and oxygen atoms in total. The number of nitrogens with zero attached hydrogens (tertiary/aromatic N) is 3. The zero-order chi connectivity index (χ0) is 14.7. The highest BCUT2D eigenvalue weighted by atomic mass is 16.4. The molecule has 3 rings (SSSR count). The molecule has 2 aromatic carbocycles. The van der Waals surface area contributed by atoms with Gasteiger partial charge in [-0.25, -0.2) is 4.68 Å². The third kappa shape index (κ3) is 3.08. The zero-order valence-corrected chi connectivity index (χ0v) is 11.4. The number of aromatic nitrogens is 3. The summed E-state index contributed by atoms with van der Waals surface area (Å²) in [5, 5.41) is 19.2. The summed E-state index contributed by atoms with van der Waals surface area (Å²) in [4.78, 5) is 10.6. The molecule has 0 radical (unpaired) electrons. The first kappa shape index (κ1) is 13.3. The molecular formula is C16H15N3O2. The average Bonchev–Trinajstić information content (AvgIpc) is 2.93. The van der Waals surface area contributed by atoms with Crippen molar-refractivity contribution in [2.45, 2.75) is 19.4 Å². The lowest BCUT2D eigenvalue weighted by atomic mass is 10.0. The summed E-state index contributed by atoms with van der Waals surface area (Å²) in [6.07, 6.45) is 2.29. The minimum absolute atomic E-state index is 0.0764. The minimum Gasteiger partial charge on any atom is -0.481 e. The Morgan fingerprint density at radius 3 is 2.81 bits per heavy atom. The summed E-state index contributed by atoms with van der Waals surface area (Å²) < 4.78 is 1.75. The molecule has 21 heavy (non-hydrogen) atoms. The predicted octanol–water partition coefficient (Wildman–Crippen LogP) is 2.50. The second-order valence-electron chi connectivity index (χ2n) is 4.94. The van der Waals surface area contributed by atoms with Crippen LogP contribution >= 0.6 is 0 Å². The normalized spacial score (nSPS) is 10.9. The van der Waals surface area contributed by atoms with Crippen LogP contribution < -0.4 is 0 Å². The van der Waals surface area contributed by atoms with E-state index in [1.165, 1.54) is 16.3 Å². The van der Waals surface area contributed by atoms with Gasteiger partial charge in [0.1, 0.15) is 0 Å². The number of aryl methyl sites for hydroxylation is 1. The molecular weight excluding hydrogens is 266 g/mol. The van der Waals surface area contributed by atoms with E-state index >= 15 is 0 Å². The quantitative estimate of drug-likeness (QED) is 0.780. The molecule has 3 aromatic rings. The Morgan fingerprint density at radius 2 is 1.95 bits per heavy atom. The van der Waals surface area contributed by atoms with Gasteiger partial charge in [-0.3, -0.25) is 4.79 Å². The molecule has 0 atom stereocenters. The number of carboxylic acid groups (broad SMARTS) is 1. The van der Waals surface area contributed by atoms with E-state index in [0.29, 0.717) is 18.7 Å². The van der Waals surface area contributed by atoms with E-state index in [1.807, 2.05) is 24.4 Å². The van der Waals surface area contributed by atoms with Crippen LogP contribution in [0.15, 0.2) is 48.7 Å². The first-order valence-corrected chi connectivity index (χ1v) is 6.80. The van der Waals surface area contributed by atoms with Crippen LogP contribution in [-0.4, -0.2) is 26.1 Å². The van der Waals surface area contributed by atoms with E-state index in [-0.39, 0.29) is 6.42 Å². The minimum atomic E-state index is -0.821. The maximum Gasteiger partial charge on any atom is 0.303 e. The maximum atomic E-state index is 10.6. The molecule has 0 saturated heterocycles. The molecule has 5 heteroatoms. The van der Waals surface area contributed by atoms with Gasteiger partial charge in [-0.05, 0) is 16.3 Å². The highest BCUT2D eigenvalue weighted by Gasteiger charge is 2.06. The number of fused-ring (bicyclic) bond motifs is 1. The molecule has 1 heterocycles. The van der Waals surface area contributed by atoms with E-state index < -0.39 is 5.97 Å². The summed E-state index contributed by atoms with van der Waals surface area (Å²) in [6.45, 7) is 0.626. The first-order chi connectivity index (χ1) is 10.2. The van der Waals surface area contributed by atoms with Gasteiger partial charge in [-0.1, -0.05) is 47.7 Å². The van der Waals surface area contributed by atoms with Crippen LogP contribution in [0.1, 0.15) is 17.7 Å². The smallest absolute Gasteiger partial charge is 0.303 e. The van der Waals surface area contributed by atoms with E-state index in [0.717, 1.165) is 0 Å². The van der Waals surface area contributed by atoms with Crippen LogP contribution in [-0.2, 0) is 17.8 Å². The number of carboxylic acids is 1. The van der Waals surface area contributed by atoms with Crippen molar-refractivity contribution in [2.24, 2.45) is 0 Å². The molecule has 0 aliphatic heterocycles. The Balaban J connectivity index is 1.81. The van der Waals surface area contributed by atoms with Crippen LogP contribution in [0, 0.1) is 0 Å². The molecule has 0 saturated carbocycles. The van der Waals surface area contributed by atoms with Gasteiger partial charge in [0.2, 0.25) is 0 Å². The van der Waals surface area contributed by atoms with Gasteiger partial charge in [-0.2, -0.15) is 0 Å². The highest BCUT2D eigenvalue weighted by Crippen LogP contribution is 2.19. The molecule has 0 aliphatic rings. The van der Waals surface area contributed by atoms with Crippen molar-refractivity contribution < 1.29 is 9.90 Å². The summed E-state index contributed by atoms with van der Waals surface area (Å²) in [7, 11) is 0. The van der Waals surface area contributed by atoms with E-state index in [9.17, 15) is 4.79 Å². The molecule has 1 aromatic heterocycles. The Hall–Kier alpha value is -2.69. The fourth-order valence-electron chi connectivity index (χ4n) is 2.37. The number of benzene rings is 2. The molecule has 106 valence electrons. The first-order valence-electron chi connectivity index (χ1n) is 6.80. The summed E-state index contributed by atoms with van der Waals surface area (Å²) in [5.41, 5.74) is 1.88. The molecule has 0 spiro atoms. The van der Waals surface area contributed by atoms with Crippen LogP contribution in [0.3, 0.4) is 0 Å². The Bertz CT molecular complexity index is 775. The Morgan fingerprint density at radius 1 is 1.14 bits per heavy atom. The van der Waals surface area contributed by atoms with Crippen molar-refractivity contribution in [1.82, 2.24) is 15.0 Å². The van der Waals surface area contributed by atoms with Crippen molar-refractivity contribution >= 4 is 16.7 Å². The summed E-state index contributed by atoms with van der Waals surface area (Å²) >= 11 is 0. The van der Waals surface area contributed by atoms with Gasteiger partial charge >= 0.3 is 5.97 Å². The Kier molecular flexibility index (Phi) is 3.64. The lowest BCUT2D eigenvalue weighted by molar-refractivity contribution is -0.136. The predicted molar refractivity (Wildman–Crippen MR) is 79.0 cm³/mol. The lowest BCUT2D eigenvalue weighted by Gasteiger charge is -2.05. The summed E-state index contributed by atoms with van der Waals surface area (Å²) in [6, 6.07) is 14.4. The molecule has 0 bridgehead atoms. The number of aliphatic carboxylic acids is 1. The van der Waals surface area contributed by atoms with Crippen molar-refractivity contribution in [3.05, 3.63) is 59.9 Å². The number of hydrogen-bond donors (Lipinski definition) is 1. The van der Waals surface area contributed by atoms with Crippen molar-refractivity contribution in [2.75, 3.05) is 0 Å². The van der Waals surface area contributed by atoms with Gasteiger partial charge < -0.3 is 5.11 Å². The largest absolute Gasteiger partial charge is 0.481 e. The van der Waals surface area contributed by atoms with Gasteiger partial charge in [0.25, 0.3) is 0 Å². The van der Waals surface area contributed by atoms with Crippen LogP contribution in [0.4, 0.5) is 0 Å². The molecule has 0 amide bonds. The van der Waals surface area contributed by atoms with Crippen LogP contribution in [0.5, 0.6) is 0 Å². The van der Waals surface area contributed by atoms with Gasteiger partial charge in [-0.15, -0.1) is 5.10 Å². The van der Waals surface area contributed by atoms with Crippen molar-refractivity contribution in [3.63, 3.8) is 0 Å². The monoisotopic (exact) mass is 281 g/mol. The third-order valence-corrected chi connectivity index (χ3v) is 3.39. The van der Waals surface area contributed by atoms with Crippen molar-refractivity contribution in [3.8, 4) is 0 Å². The van der Waals surface area contributed by atoms with Crippen molar-refractivity contribution in [1.29, 1.82) is 0 Å². The molecule has 1 N–H and O–H groups in total. The highest BCUT2D eigenvalue weighted by molar-refractivity contribution is 5.85. The summed E-state index contributed by atoms with van der Waals surface area (Å²) in [5.74, 6) is -0.821. The van der Waals surface area contributed by atoms with Gasteiger partial charge in [0, 0.05) is 12.6 Å². The fraction of sp³-hybridized carbons (Fsp3) is 0.188. The average molecular weight is 281 g/mol. The van der Waals surface area contributed by atoms with E-state index in [2.05, 4.69) is 34.6 Å². The van der Waals surface area contributed by atoms with Gasteiger partial charge in [0.05, 0.1) is 18.7 Å². The Labute approximate surface area is 121 Å². The van der Waals surface area contributed by atoms with E-state index in [1.54, 1.807) is 4.68 Å². The molecule has 0 fully saturated rings. The third-order valence-electron chi connectivity index (χ3n) is 3.39. The van der Waals surface area contributed by atoms with Crippen LogP contribution in [0.2, 0.25) is 0 Å². The second-order valence-corrected chi connectivity index (χ2v) is 4.94. The van der Waals surface area contributed by atoms with E-state index in [4.69, 9.17) is 5.11 Å².